The summed E-state index contributed by atoms with van der Waals surface area (Å²) in [7, 11) is 0. The molecule has 0 aromatic heterocycles. The van der Waals surface area contributed by atoms with Gasteiger partial charge in [-0.25, -0.2) is 0 Å². The van der Waals surface area contributed by atoms with Crippen LogP contribution in [0.2, 0.25) is 5.02 Å². The van der Waals surface area contributed by atoms with Crippen molar-refractivity contribution in [3.05, 3.63) is 41.4 Å². The SMILES string of the molecule is CC(C)(C)NC(=O)C1CC=CCC1C(=O)Nc1ccc(Cl)cc1. The summed E-state index contributed by atoms with van der Waals surface area (Å²) < 4.78 is 0. The summed E-state index contributed by atoms with van der Waals surface area (Å²) in [5.41, 5.74) is 0.374. The summed E-state index contributed by atoms with van der Waals surface area (Å²) in [5.74, 6) is -0.909. The number of nitrogens with one attached hydrogen (secondary N) is 2. The van der Waals surface area contributed by atoms with Crippen LogP contribution in [0, 0.1) is 11.8 Å². The summed E-state index contributed by atoms with van der Waals surface area (Å²) >= 11 is 5.85. The van der Waals surface area contributed by atoms with E-state index in [4.69, 9.17) is 11.6 Å². The van der Waals surface area contributed by atoms with Crippen LogP contribution in [0.25, 0.3) is 0 Å². The molecule has 2 unspecified atom stereocenters. The van der Waals surface area contributed by atoms with Crippen molar-refractivity contribution < 1.29 is 9.59 Å². The molecule has 1 aromatic carbocycles. The third-order valence-electron chi connectivity index (χ3n) is 3.72. The van der Waals surface area contributed by atoms with Crippen LogP contribution in [0.15, 0.2) is 36.4 Å². The van der Waals surface area contributed by atoms with E-state index in [-0.39, 0.29) is 29.2 Å². The topological polar surface area (TPSA) is 58.2 Å². The highest BCUT2D eigenvalue weighted by Crippen LogP contribution is 2.28. The number of carbonyl (C=O) groups is 2. The minimum absolute atomic E-state index is 0.0712. The van der Waals surface area contributed by atoms with E-state index in [9.17, 15) is 9.59 Å². The van der Waals surface area contributed by atoms with Gasteiger partial charge in [0.05, 0.1) is 11.8 Å². The lowest BCUT2D eigenvalue weighted by Crippen LogP contribution is -2.47. The first kappa shape index (κ1) is 17.5. The molecule has 0 spiro atoms. The number of carbonyl (C=O) groups excluding carboxylic acids is 2. The standard InChI is InChI=1S/C18H23ClN2O2/c1-18(2,3)21-17(23)15-7-5-4-6-14(15)16(22)20-13-10-8-12(19)9-11-13/h4-5,8-11,14-15H,6-7H2,1-3H3,(H,20,22)(H,21,23). The van der Waals surface area contributed by atoms with E-state index in [0.717, 1.165) is 0 Å². The van der Waals surface area contributed by atoms with Crippen LogP contribution in [0.3, 0.4) is 0 Å². The first-order valence-corrected chi connectivity index (χ1v) is 8.17. The Kier molecular flexibility index (Phi) is 5.47. The van der Waals surface area contributed by atoms with Crippen LogP contribution < -0.4 is 10.6 Å². The quantitative estimate of drug-likeness (QED) is 0.826. The Morgan fingerprint density at radius 2 is 1.52 bits per heavy atom. The van der Waals surface area contributed by atoms with Crippen molar-refractivity contribution in [3.8, 4) is 0 Å². The minimum Gasteiger partial charge on any atom is -0.351 e. The Morgan fingerprint density at radius 1 is 1.00 bits per heavy atom. The molecule has 2 N–H and O–H groups in total. The van der Waals surface area contributed by atoms with Gasteiger partial charge in [-0.3, -0.25) is 9.59 Å². The first-order valence-electron chi connectivity index (χ1n) is 7.80. The van der Waals surface area contributed by atoms with Gasteiger partial charge in [0, 0.05) is 16.2 Å². The molecule has 4 nitrogen and oxygen atoms in total. The molecule has 0 saturated carbocycles. The van der Waals surface area contributed by atoms with Gasteiger partial charge in [0.25, 0.3) is 0 Å². The number of amides is 2. The van der Waals surface area contributed by atoms with Gasteiger partial charge in [0.1, 0.15) is 0 Å². The second kappa shape index (κ2) is 7.18. The summed E-state index contributed by atoms with van der Waals surface area (Å²) in [5, 5.41) is 6.47. The van der Waals surface area contributed by atoms with Crippen molar-refractivity contribution in [2.75, 3.05) is 5.32 Å². The highest BCUT2D eigenvalue weighted by atomic mass is 35.5. The Balaban J connectivity index is 2.08. The highest BCUT2D eigenvalue weighted by Gasteiger charge is 2.35. The summed E-state index contributed by atoms with van der Waals surface area (Å²) in [4.78, 5) is 25.1. The van der Waals surface area contributed by atoms with Crippen molar-refractivity contribution in [1.82, 2.24) is 5.32 Å². The number of halogens is 1. The summed E-state index contributed by atoms with van der Waals surface area (Å²) in [6.07, 6.45) is 5.09. The molecule has 1 aliphatic carbocycles. The average Bonchev–Trinajstić information content (AvgIpc) is 2.48. The molecule has 0 aliphatic heterocycles. The van der Waals surface area contributed by atoms with Crippen molar-refractivity contribution >= 4 is 29.1 Å². The number of allylic oxidation sites excluding steroid dienone is 2. The van der Waals surface area contributed by atoms with Crippen molar-refractivity contribution in [2.24, 2.45) is 11.8 Å². The first-order chi connectivity index (χ1) is 10.8. The molecule has 0 fully saturated rings. The molecule has 1 aliphatic rings. The fraction of sp³-hybridized carbons (Fsp3) is 0.444. The molecule has 23 heavy (non-hydrogen) atoms. The van der Waals surface area contributed by atoms with Crippen LogP contribution in [-0.4, -0.2) is 17.4 Å². The van der Waals surface area contributed by atoms with Crippen molar-refractivity contribution in [1.29, 1.82) is 0 Å². The number of benzene rings is 1. The lowest BCUT2D eigenvalue weighted by Gasteiger charge is -2.30. The molecule has 2 rings (SSSR count). The van der Waals surface area contributed by atoms with E-state index in [0.29, 0.717) is 23.6 Å². The number of hydrogen-bond acceptors (Lipinski definition) is 2. The van der Waals surface area contributed by atoms with Crippen LogP contribution in [0.5, 0.6) is 0 Å². The predicted molar refractivity (Wildman–Crippen MR) is 93.3 cm³/mol. The zero-order chi connectivity index (χ0) is 17.0. The maximum absolute atomic E-state index is 12.6. The van der Waals surface area contributed by atoms with E-state index in [1.807, 2.05) is 32.9 Å². The fourth-order valence-corrected chi connectivity index (χ4v) is 2.75. The maximum Gasteiger partial charge on any atom is 0.228 e. The monoisotopic (exact) mass is 334 g/mol. The van der Waals surface area contributed by atoms with Crippen LogP contribution >= 0.6 is 11.6 Å². The average molecular weight is 335 g/mol. The lowest BCUT2D eigenvalue weighted by atomic mass is 9.81. The Morgan fingerprint density at radius 3 is 2.04 bits per heavy atom. The van der Waals surface area contributed by atoms with Gasteiger partial charge in [-0.15, -0.1) is 0 Å². The van der Waals surface area contributed by atoms with Crippen LogP contribution in [0.1, 0.15) is 33.6 Å². The van der Waals surface area contributed by atoms with E-state index < -0.39 is 0 Å². The predicted octanol–water partition coefficient (Wildman–Crippen LogP) is 3.78. The molecule has 2 amide bonds. The Labute approximate surface area is 142 Å². The van der Waals surface area contributed by atoms with E-state index in [1.54, 1.807) is 24.3 Å². The third kappa shape index (κ3) is 5.10. The number of hydrogen-bond donors (Lipinski definition) is 2. The van der Waals surface area contributed by atoms with E-state index in [2.05, 4.69) is 10.6 Å². The van der Waals surface area contributed by atoms with Crippen LogP contribution in [0.4, 0.5) is 5.69 Å². The normalized spacial score (nSPS) is 20.9. The van der Waals surface area contributed by atoms with Gasteiger partial charge < -0.3 is 10.6 Å². The van der Waals surface area contributed by atoms with Crippen molar-refractivity contribution in [3.63, 3.8) is 0 Å². The van der Waals surface area contributed by atoms with Gasteiger partial charge in [-0.2, -0.15) is 0 Å². The Hall–Kier alpha value is -1.81. The van der Waals surface area contributed by atoms with E-state index in [1.165, 1.54) is 0 Å². The number of rotatable bonds is 3. The molecule has 0 heterocycles. The molecule has 1 aromatic rings. The maximum atomic E-state index is 12.6. The second-order valence-electron chi connectivity index (χ2n) is 6.89. The minimum atomic E-state index is -0.363. The lowest BCUT2D eigenvalue weighted by molar-refractivity contribution is -0.133. The molecule has 5 heteroatoms. The molecule has 0 saturated heterocycles. The summed E-state index contributed by atoms with van der Waals surface area (Å²) in [6.45, 7) is 5.81. The molecular weight excluding hydrogens is 312 g/mol. The van der Waals surface area contributed by atoms with Gasteiger partial charge in [-0.05, 0) is 57.9 Å². The fourth-order valence-electron chi connectivity index (χ4n) is 2.62. The number of anilines is 1. The van der Waals surface area contributed by atoms with E-state index >= 15 is 0 Å². The van der Waals surface area contributed by atoms with Crippen molar-refractivity contribution in [2.45, 2.75) is 39.2 Å². The van der Waals surface area contributed by atoms with Gasteiger partial charge in [0.15, 0.2) is 0 Å². The Bertz CT molecular complexity index is 602. The zero-order valence-corrected chi connectivity index (χ0v) is 14.5. The van der Waals surface area contributed by atoms with Gasteiger partial charge in [0.2, 0.25) is 11.8 Å². The molecule has 0 bridgehead atoms. The zero-order valence-electron chi connectivity index (χ0n) is 13.7. The van der Waals surface area contributed by atoms with Gasteiger partial charge >= 0.3 is 0 Å². The second-order valence-corrected chi connectivity index (χ2v) is 7.33. The largest absolute Gasteiger partial charge is 0.351 e. The van der Waals surface area contributed by atoms with Gasteiger partial charge in [-0.1, -0.05) is 23.8 Å². The molecule has 124 valence electrons. The molecular formula is C18H23ClN2O2. The highest BCUT2D eigenvalue weighted by molar-refractivity contribution is 6.30. The molecule has 0 radical (unpaired) electrons. The molecule has 2 atom stereocenters. The van der Waals surface area contributed by atoms with Crippen LogP contribution in [-0.2, 0) is 9.59 Å². The third-order valence-corrected chi connectivity index (χ3v) is 3.97. The smallest absolute Gasteiger partial charge is 0.228 e. The summed E-state index contributed by atoms with van der Waals surface area (Å²) in [6, 6.07) is 6.95.